The molecule has 2 aromatic carbocycles. The highest BCUT2D eigenvalue weighted by molar-refractivity contribution is 7.91. The molecule has 2 aromatic rings. The Balaban J connectivity index is 2.05. The van der Waals surface area contributed by atoms with E-state index in [1.807, 2.05) is 25.1 Å². The van der Waals surface area contributed by atoms with E-state index in [0.29, 0.717) is 13.1 Å². The lowest BCUT2D eigenvalue weighted by Gasteiger charge is -2.23. The molecule has 0 saturated heterocycles. The van der Waals surface area contributed by atoms with Gasteiger partial charge < -0.3 is 10.2 Å². The van der Waals surface area contributed by atoms with Crippen LogP contribution in [0.3, 0.4) is 0 Å². The molecule has 0 bridgehead atoms. The van der Waals surface area contributed by atoms with Crippen LogP contribution in [-0.4, -0.2) is 39.7 Å². The Morgan fingerprint density at radius 3 is 2.46 bits per heavy atom. The van der Waals surface area contributed by atoms with E-state index in [1.54, 1.807) is 25.1 Å². The molecule has 0 heterocycles. The van der Waals surface area contributed by atoms with E-state index >= 15 is 0 Å². The summed E-state index contributed by atoms with van der Waals surface area (Å²) >= 11 is 0. The van der Waals surface area contributed by atoms with Crippen LogP contribution in [0.4, 0.5) is 5.69 Å². The average Bonchev–Trinajstić information content (AvgIpc) is 2.65. The summed E-state index contributed by atoms with van der Waals surface area (Å²) in [6.45, 7) is 7.58. The van der Waals surface area contributed by atoms with Gasteiger partial charge in [-0.25, -0.2) is 8.42 Å². The number of amides is 1. The third-order valence-corrected chi connectivity index (χ3v) is 6.05. The number of benzene rings is 2. The van der Waals surface area contributed by atoms with Crippen molar-refractivity contribution in [3.8, 4) is 0 Å². The molecule has 0 aromatic heterocycles. The van der Waals surface area contributed by atoms with Gasteiger partial charge in [0.05, 0.1) is 16.2 Å². The molecule has 1 amide bonds. The van der Waals surface area contributed by atoms with Crippen molar-refractivity contribution >= 4 is 21.4 Å². The van der Waals surface area contributed by atoms with Gasteiger partial charge in [0.15, 0.2) is 9.84 Å². The second kappa shape index (κ2) is 8.85. The zero-order valence-corrected chi connectivity index (χ0v) is 16.3. The number of anilines is 1. The van der Waals surface area contributed by atoms with Gasteiger partial charge in [0.2, 0.25) is 0 Å². The molecule has 5 nitrogen and oxygen atoms in total. The molecular weight excluding hydrogens is 348 g/mol. The van der Waals surface area contributed by atoms with Crippen molar-refractivity contribution in [3.05, 3.63) is 59.7 Å². The van der Waals surface area contributed by atoms with E-state index in [2.05, 4.69) is 23.2 Å². The van der Waals surface area contributed by atoms with E-state index in [4.69, 9.17) is 0 Å². The molecule has 6 heteroatoms. The fourth-order valence-corrected chi connectivity index (χ4v) is 3.87. The molecule has 26 heavy (non-hydrogen) atoms. The van der Waals surface area contributed by atoms with Crippen molar-refractivity contribution in [1.29, 1.82) is 0 Å². The van der Waals surface area contributed by atoms with Crippen molar-refractivity contribution in [1.82, 2.24) is 5.32 Å². The minimum Gasteiger partial charge on any atom is -0.370 e. The SMILES string of the molecule is CCN(CCNC(=O)c1ccccc1S(=O)(=O)CC)c1cccc(C)c1. The van der Waals surface area contributed by atoms with Crippen molar-refractivity contribution in [3.63, 3.8) is 0 Å². The molecular formula is C20H26N2O3S. The molecule has 0 atom stereocenters. The molecule has 0 aliphatic carbocycles. The number of nitrogens with one attached hydrogen (secondary N) is 1. The van der Waals surface area contributed by atoms with E-state index in [0.717, 1.165) is 12.2 Å². The Morgan fingerprint density at radius 2 is 1.81 bits per heavy atom. The summed E-state index contributed by atoms with van der Waals surface area (Å²) in [6, 6.07) is 14.6. The fraction of sp³-hybridized carbons (Fsp3) is 0.350. The highest BCUT2D eigenvalue weighted by Gasteiger charge is 2.20. The summed E-state index contributed by atoms with van der Waals surface area (Å²) in [5, 5.41) is 2.84. The van der Waals surface area contributed by atoms with Crippen molar-refractivity contribution in [2.45, 2.75) is 25.7 Å². The number of hydrogen-bond donors (Lipinski definition) is 1. The zero-order chi connectivity index (χ0) is 19.2. The minimum atomic E-state index is -3.44. The molecule has 0 aliphatic rings. The van der Waals surface area contributed by atoms with Crippen LogP contribution in [-0.2, 0) is 9.84 Å². The monoisotopic (exact) mass is 374 g/mol. The van der Waals surface area contributed by atoms with Gasteiger partial charge in [-0.2, -0.15) is 0 Å². The smallest absolute Gasteiger partial charge is 0.252 e. The van der Waals surface area contributed by atoms with Gasteiger partial charge in [0, 0.05) is 25.3 Å². The quantitative estimate of drug-likeness (QED) is 0.771. The van der Waals surface area contributed by atoms with Gasteiger partial charge in [0.1, 0.15) is 0 Å². The maximum absolute atomic E-state index is 12.5. The van der Waals surface area contributed by atoms with Crippen molar-refractivity contribution in [2.75, 3.05) is 30.3 Å². The van der Waals surface area contributed by atoms with Crippen LogP contribution in [0.1, 0.15) is 29.8 Å². The van der Waals surface area contributed by atoms with Crippen molar-refractivity contribution in [2.24, 2.45) is 0 Å². The largest absolute Gasteiger partial charge is 0.370 e. The number of sulfone groups is 1. The van der Waals surface area contributed by atoms with E-state index < -0.39 is 9.84 Å². The number of aryl methyl sites for hydroxylation is 1. The second-order valence-electron chi connectivity index (χ2n) is 6.07. The number of rotatable bonds is 8. The van der Waals surface area contributed by atoms with Gasteiger partial charge >= 0.3 is 0 Å². The summed E-state index contributed by atoms with van der Waals surface area (Å²) in [6.07, 6.45) is 0. The predicted molar refractivity (Wildman–Crippen MR) is 106 cm³/mol. The summed E-state index contributed by atoms with van der Waals surface area (Å²) < 4.78 is 24.4. The third kappa shape index (κ3) is 4.85. The van der Waals surface area contributed by atoms with Crippen LogP contribution in [0.25, 0.3) is 0 Å². The van der Waals surface area contributed by atoms with Gasteiger partial charge in [-0.15, -0.1) is 0 Å². The van der Waals surface area contributed by atoms with E-state index in [9.17, 15) is 13.2 Å². The van der Waals surface area contributed by atoms with Gasteiger partial charge in [-0.3, -0.25) is 4.79 Å². The standard InChI is InChI=1S/C20H26N2O3S/c1-4-22(17-10-8-9-16(3)15-17)14-13-21-20(23)18-11-6-7-12-19(18)26(24,25)5-2/h6-12,15H,4-5,13-14H2,1-3H3,(H,21,23). The normalized spacial score (nSPS) is 11.2. The Kier molecular flexibility index (Phi) is 6.80. The van der Waals surface area contributed by atoms with E-state index in [-0.39, 0.29) is 22.1 Å². The maximum Gasteiger partial charge on any atom is 0.252 e. The topological polar surface area (TPSA) is 66.5 Å². The zero-order valence-electron chi connectivity index (χ0n) is 15.5. The molecule has 0 unspecified atom stereocenters. The lowest BCUT2D eigenvalue weighted by atomic mass is 10.2. The van der Waals surface area contributed by atoms with Crippen LogP contribution >= 0.6 is 0 Å². The van der Waals surface area contributed by atoms with Gasteiger partial charge in [-0.05, 0) is 43.7 Å². The molecule has 0 spiro atoms. The number of carbonyl (C=O) groups is 1. The minimum absolute atomic E-state index is 0.0335. The fourth-order valence-electron chi connectivity index (χ4n) is 2.77. The summed E-state index contributed by atoms with van der Waals surface area (Å²) in [5.74, 6) is -0.397. The first kappa shape index (κ1) is 20.0. The number of likely N-dealkylation sites (N-methyl/N-ethyl adjacent to an activating group) is 1. The molecule has 0 aliphatic heterocycles. The number of carbonyl (C=O) groups excluding carboxylic acids is 1. The van der Waals surface area contributed by atoms with Crippen LogP contribution in [0.2, 0.25) is 0 Å². The average molecular weight is 375 g/mol. The molecule has 0 radical (unpaired) electrons. The lowest BCUT2D eigenvalue weighted by Crippen LogP contribution is -2.35. The van der Waals surface area contributed by atoms with Crippen LogP contribution in [0.5, 0.6) is 0 Å². The highest BCUT2D eigenvalue weighted by atomic mass is 32.2. The first-order chi connectivity index (χ1) is 12.4. The molecule has 2 rings (SSSR count). The Hall–Kier alpha value is -2.34. The summed E-state index contributed by atoms with van der Waals surface area (Å²) in [7, 11) is -3.44. The predicted octanol–water partition coefficient (Wildman–Crippen LogP) is 3.04. The maximum atomic E-state index is 12.5. The Morgan fingerprint density at radius 1 is 1.08 bits per heavy atom. The first-order valence-electron chi connectivity index (χ1n) is 8.80. The van der Waals surface area contributed by atoms with E-state index in [1.165, 1.54) is 11.6 Å². The molecule has 0 fully saturated rings. The lowest BCUT2D eigenvalue weighted by molar-refractivity contribution is 0.0951. The van der Waals surface area contributed by atoms with Crippen LogP contribution < -0.4 is 10.2 Å². The van der Waals surface area contributed by atoms with Crippen LogP contribution in [0.15, 0.2) is 53.4 Å². The van der Waals surface area contributed by atoms with Crippen LogP contribution in [0, 0.1) is 6.92 Å². The number of nitrogens with zero attached hydrogens (tertiary/aromatic N) is 1. The molecule has 1 N–H and O–H groups in total. The van der Waals surface area contributed by atoms with Gasteiger partial charge in [0.25, 0.3) is 5.91 Å². The second-order valence-corrected chi connectivity index (χ2v) is 8.32. The van der Waals surface area contributed by atoms with Crippen molar-refractivity contribution < 1.29 is 13.2 Å². The number of hydrogen-bond acceptors (Lipinski definition) is 4. The molecule has 0 saturated carbocycles. The summed E-state index contributed by atoms with van der Waals surface area (Å²) in [5.41, 5.74) is 2.49. The Labute approximate surface area is 156 Å². The molecule has 140 valence electrons. The Bertz CT molecular complexity index is 863. The van der Waals surface area contributed by atoms with Gasteiger partial charge in [-0.1, -0.05) is 31.2 Å². The third-order valence-electron chi connectivity index (χ3n) is 4.26. The highest BCUT2D eigenvalue weighted by Crippen LogP contribution is 2.17. The first-order valence-corrected chi connectivity index (χ1v) is 10.5. The summed E-state index contributed by atoms with van der Waals surface area (Å²) in [4.78, 5) is 14.8.